The van der Waals surface area contributed by atoms with Gasteiger partial charge in [0.2, 0.25) is 0 Å². The molecule has 0 aromatic heterocycles. The Balaban J connectivity index is 1.81. The van der Waals surface area contributed by atoms with Crippen LogP contribution in [0.2, 0.25) is 0 Å². The number of hydrogen-bond donors (Lipinski definition) is 3. The summed E-state index contributed by atoms with van der Waals surface area (Å²) in [6, 6.07) is 38.7. The van der Waals surface area contributed by atoms with E-state index in [1.807, 2.05) is 66.7 Å². The predicted molar refractivity (Wildman–Crippen MR) is 158 cm³/mol. The first-order chi connectivity index (χ1) is 18.2. The molecule has 4 aromatic rings. The zero-order valence-corrected chi connectivity index (χ0v) is 21.3. The number of aliphatic imine (C=N–C) groups is 1. The molecule has 0 amide bonds. The Hall–Kier alpha value is -4.57. The molecule has 0 unspecified atom stereocenters. The van der Waals surface area contributed by atoms with Crippen molar-refractivity contribution < 1.29 is 0 Å². The van der Waals surface area contributed by atoms with Crippen LogP contribution in [0.25, 0.3) is 11.3 Å². The molecular weight excluding hydrogens is 452 g/mol. The Morgan fingerprint density at radius 3 is 1.95 bits per heavy atom. The van der Waals surface area contributed by atoms with Crippen LogP contribution in [0, 0.1) is 0 Å². The first-order valence-corrected chi connectivity index (χ1v) is 12.7. The van der Waals surface area contributed by atoms with Crippen molar-refractivity contribution in [3.63, 3.8) is 0 Å². The van der Waals surface area contributed by atoms with Crippen LogP contribution in [0.5, 0.6) is 0 Å². The average molecular weight is 487 g/mol. The van der Waals surface area contributed by atoms with E-state index in [2.05, 4.69) is 72.7 Å². The van der Waals surface area contributed by atoms with E-state index < -0.39 is 0 Å². The van der Waals surface area contributed by atoms with Crippen molar-refractivity contribution in [1.29, 1.82) is 0 Å². The number of nitrogen functional groups attached to an aromatic ring is 1. The maximum absolute atomic E-state index is 6.40. The van der Waals surface area contributed by atoms with Crippen LogP contribution in [0.3, 0.4) is 0 Å². The maximum atomic E-state index is 6.40. The summed E-state index contributed by atoms with van der Waals surface area (Å²) >= 11 is 0. The number of para-hydroxylation sites is 1. The van der Waals surface area contributed by atoms with Gasteiger partial charge < -0.3 is 16.4 Å². The van der Waals surface area contributed by atoms with Crippen molar-refractivity contribution in [3.8, 4) is 0 Å². The first-order valence-electron chi connectivity index (χ1n) is 12.7. The SMILES string of the molecule is C=C(NC(=NCc1ccccc1)c1ccccc1N)/C(=C(\NCCC)c1ccccc1)c1ccccc1. The van der Waals surface area contributed by atoms with E-state index in [4.69, 9.17) is 10.7 Å². The van der Waals surface area contributed by atoms with Gasteiger partial charge in [0.1, 0.15) is 5.84 Å². The van der Waals surface area contributed by atoms with Crippen molar-refractivity contribution in [3.05, 3.63) is 150 Å². The number of nitrogens with one attached hydrogen (secondary N) is 2. The van der Waals surface area contributed by atoms with Crippen LogP contribution < -0.4 is 16.4 Å². The smallest absolute Gasteiger partial charge is 0.135 e. The number of anilines is 1. The van der Waals surface area contributed by atoms with Gasteiger partial charge in [-0.05, 0) is 35.2 Å². The van der Waals surface area contributed by atoms with Crippen molar-refractivity contribution in [2.24, 2.45) is 4.99 Å². The van der Waals surface area contributed by atoms with Crippen molar-refractivity contribution in [2.75, 3.05) is 12.3 Å². The number of hydrogen-bond acceptors (Lipinski definition) is 3. The lowest BCUT2D eigenvalue weighted by molar-refractivity contribution is 0.824. The minimum absolute atomic E-state index is 0.523. The van der Waals surface area contributed by atoms with Gasteiger partial charge in [0.25, 0.3) is 0 Å². The summed E-state index contributed by atoms with van der Waals surface area (Å²) in [7, 11) is 0. The lowest BCUT2D eigenvalue weighted by Crippen LogP contribution is -2.27. The summed E-state index contributed by atoms with van der Waals surface area (Å²) in [5.41, 5.74) is 13.9. The van der Waals surface area contributed by atoms with Crippen molar-refractivity contribution in [1.82, 2.24) is 10.6 Å². The third-order valence-corrected chi connectivity index (χ3v) is 5.98. The van der Waals surface area contributed by atoms with Crippen molar-refractivity contribution >= 4 is 22.8 Å². The molecular formula is C33H34N4. The molecule has 0 spiro atoms. The van der Waals surface area contributed by atoms with Gasteiger partial charge in [0.05, 0.1) is 12.2 Å². The van der Waals surface area contributed by atoms with E-state index in [1.54, 1.807) is 0 Å². The Morgan fingerprint density at radius 1 is 0.757 bits per heavy atom. The predicted octanol–water partition coefficient (Wildman–Crippen LogP) is 6.89. The highest BCUT2D eigenvalue weighted by Gasteiger charge is 2.17. The van der Waals surface area contributed by atoms with E-state index in [9.17, 15) is 0 Å². The van der Waals surface area contributed by atoms with E-state index in [0.717, 1.165) is 52.2 Å². The minimum Gasteiger partial charge on any atom is -0.398 e. The topological polar surface area (TPSA) is 62.4 Å². The molecule has 0 heterocycles. The second-order valence-electron chi connectivity index (χ2n) is 8.75. The number of rotatable bonds is 10. The Morgan fingerprint density at radius 2 is 1.32 bits per heavy atom. The molecule has 4 N–H and O–H groups in total. The quantitative estimate of drug-likeness (QED) is 0.0752. The number of allylic oxidation sites excluding steroid dienone is 1. The largest absolute Gasteiger partial charge is 0.398 e. The van der Waals surface area contributed by atoms with Gasteiger partial charge in [-0.2, -0.15) is 0 Å². The summed E-state index contributed by atoms with van der Waals surface area (Å²) < 4.78 is 0. The van der Waals surface area contributed by atoms with Crippen LogP contribution in [0.1, 0.15) is 35.6 Å². The fraction of sp³-hybridized carbons (Fsp3) is 0.121. The van der Waals surface area contributed by atoms with E-state index in [-0.39, 0.29) is 0 Å². The monoisotopic (exact) mass is 486 g/mol. The molecule has 186 valence electrons. The summed E-state index contributed by atoms with van der Waals surface area (Å²) in [5.74, 6) is 0.684. The first kappa shape index (κ1) is 25.5. The number of benzene rings is 4. The van der Waals surface area contributed by atoms with Gasteiger partial charge >= 0.3 is 0 Å². The van der Waals surface area contributed by atoms with Gasteiger partial charge in [0, 0.05) is 29.1 Å². The lowest BCUT2D eigenvalue weighted by atomic mass is 9.96. The number of nitrogens with two attached hydrogens (primary N) is 1. The van der Waals surface area contributed by atoms with Crippen molar-refractivity contribution in [2.45, 2.75) is 19.9 Å². The third kappa shape index (κ3) is 6.77. The molecule has 0 aliphatic heterocycles. The van der Waals surface area contributed by atoms with Gasteiger partial charge in [0.15, 0.2) is 0 Å². The molecule has 37 heavy (non-hydrogen) atoms. The fourth-order valence-corrected chi connectivity index (χ4v) is 4.13. The standard InChI is InChI=1S/C33H34N4/c1-3-23-35-32(28-19-11-6-12-20-28)31(27-17-9-5-10-18-27)25(2)37-33(29-21-13-14-22-30(29)34)36-24-26-15-7-4-8-16-26/h4-22,35H,2-3,23-24,34H2,1H3,(H,36,37)/b32-31+. The van der Waals surface area contributed by atoms with E-state index >= 15 is 0 Å². The molecule has 4 nitrogen and oxygen atoms in total. The molecule has 4 heteroatoms. The van der Waals surface area contributed by atoms with E-state index in [0.29, 0.717) is 18.1 Å². The van der Waals surface area contributed by atoms with Gasteiger partial charge in [-0.3, -0.25) is 4.99 Å². The van der Waals surface area contributed by atoms with E-state index in [1.165, 1.54) is 0 Å². The summed E-state index contributed by atoms with van der Waals surface area (Å²) in [6.45, 7) is 8.03. The lowest BCUT2D eigenvalue weighted by Gasteiger charge is -2.22. The normalized spacial score (nSPS) is 12.0. The van der Waals surface area contributed by atoms with Gasteiger partial charge in [-0.15, -0.1) is 0 Å². The molecule has 4 aromatic carbocycles. The minimum atomic E-state index is 0.523. The molecule has 0 atom stereocenters. The Kier molecular flexibility index (Phi) is 8.92. The van der Waals surface area contributed by atoms with Gasteiger partial charge in [-0.1, -0.05) is 117 Å². The molecule has 0 radical (unpaired) electrons. The molecule has 0 fully saturated rings. The average Bonchev–Trinajstić information content (AvgIpc) is 2.95. The second kappa shape index (κ2) is 12.9. The van der Waals surface area contributed by atoms with Crippen LogP contribution >= 0.6 is 0 Å². The molecule has 0 saturated carbocycles. The van der Waals surface area contributed by atoms with Crippen LogP contribution in [-0.4, -0.2) is 12.4 Å². The highest BCUT2D eigenvalue weighted by Crippen LogP contribution is 2.29. The number of amidine groups is 1. The number of nitrogens with zero attached hydrogens (tertiary/aromatic N) is 1. The molecule has 0 bridgehead atoms. The summed E-state index contributed by atoms with van der Waals surface area (Å²) in [4.78, 5) is 4.96. The zero-order valence-electron chi connectivity index (χ0n) is 21.3. The molecule has 0 aliphatic carbocycles. The van der Waals surface area contributed by atoms with Crippen LogP contribution in [0.15, 0.2) is 133 Å². The Labute approximate surface area is 220 Å². The Bertz CT molecular complexity index is 1360. The molecule has 0 aliphatic rings. The summed E-state index contributed by atoms with van der Waals surface area (Å²) in [6.07, 6.45) is 1.00. The molecule has 0 saturated heterocycles. The highest BCUT2D eigenvalue weighted by molar-refractivity contribution is 6.07. The molecule has 4 rings (SSSR count). The second-order valence-corrected chi connectivity index (χ2v) is 8.75. The fourth-order valence-electron chi connectivity index (χ4n) is 4.13. The van der Waals surface area contributed by atoms with Crippen LogP contribution in [0.4, 0.5) is 5.69 Å². The summed E-state index contributed by atoms with van der Waals surface area (Å²) in [5, 5.41) is 7.21. The third-order valence-electron chi connectivity index (χ3n) is 5.98. The maximum Gasteiger partial charge on any atom is 0.135 e. The highest BCUT2D eigenvalue weighted by atomic mass is 15.0. The van der Waals surface area contributed by atoms with Gasteiger partial charge in [-0.25, -0.2) is 0 Å². The van der Waals surface area contributed by atoms with Crippen LogP contribution in [-0.2, 0) is 6.54 Å². The zero-order chi connectivity index (χ0) is 25.9.